The Balaban J connectivity index is 2.14. The molecule has 118 valence electrons. The Morgan fingerprint density at radius 2 is 1.65 bits per heavy atom. The second kappa shape index (κ2) is 8.38. The van der Waals surface area contributed by atoms with Gasteiger partial charge in [0.15, 0.2) is 0 Å². The van der Waals surface area contributed by atoms with Gasteiger partial charge in [-0.25, -0.2) is 0 Å². The van der Waals surface area contributed by atoms with E-state index in [2.05, 4.69) is 19.2 Å². The molecule has 0 bridgehead atoms. The average Bonchev–Trinajstić information content (AvgIpc) is 2.87. The minimum absolute atomic E-state index is 0.134. The van der Waals surface area contributed by atoms with Gasteiger partial charge in [0.2, 0.25) is 0 Å². The Kier molecular flexibility index (Phi) is 6.83. The van der Waals surface area contributed by atoms with E-state index in [1.54, 1.807) is 0 Å². The highest BCUT2D eigenvalue weighted by atomic mass is 16.5. The Morgan fingerprint density at radius 1 is 1.00 bits per heavy atom. The van der Waals surface area contributed by atoms with E-state index in [-0.39, 0.29) is 5.60 Å². The van der Waals surface area contributed by atoms with Gasteiger partial charge in [-0.3, -0.25) is 0 Å². The third-order valence-corrected chi connectivity index (χ3v) is 5.43. The van der Waals surface area contributed by atoms with Crippen LogP contribution < -0.4 is 5.32 Å². The molecule has 2 fully saturated rings. The molecule has 0 amide bonds. The van der Waals surface area contributed by atoms with E-state index < -0.39 is 0 Å². The van der Waals surface area contributed by atoms with Gasteiger partial charge in [-0.1, -0.05) is 45.4 Å². The molecular weight excluding hydrogens is 246 g/mol. The van der Waals surface area contributed by atoms with Crippen LogP contribution in [0.2, 0.25) is 0 Å². The summed E-state index contributed by atoms with van der Waals surface area (Å²) in [6.07, 6.45) is 15.0. The molecule has 2 nitrogen and oxygen atoms in total. The van der Waals surface area contributed by atoms with Crippen molar-refractivity contribution in [2.45, 2.75) is 96.1 Å². The van der Waals surface area contributed by atoms with Crippen LogP contribution in [0.15, 0.2) is 0 Å². The molecule has 2 aliphatic carbocycles. The zero-order valence-corrected chi connectivity index (χ0v) is 13.8. The molecule has 0 heterocycles. The molecule has 1 atom stereocenters. The average molecular weight is 281 g/mol. The molecule has 0 aliphatic heterocycles. The highest BCUT2D eigenvalue weighted by Crippen LogP contribution is 2.41. The van der Waals surface area contributed by atoms with Gasteiger partial charge in [-0.2, -0.15) is 0 Å². The van der Waals surface area contributed by atoms with Crippen LogP contribution in [0, 0.1) is 5.92 Å². The summed E-state index contributed by atoms with van der Waals surface area (Å²) < 4.78 is 6.46. The third-order valence-electron chi connectivity index (χ3n) is 5.43. The highest BCUT2D eigenvalue weighted by molar-refractivity contribution is 4.99. The van der Waals surface area contributed by atoms with E-state index in [9.17, 15) is 0 Å². The van der Waals surface area contributed by atoms with Crippen molar-refractivity contribution in [1.82, 2.24) is 5.32 Å². The summed E-state index contributed by atoms with van der Waals surface area (Å²) in [5.74, 6) is 0.853. The standard InChI is InChI=1S/C18H35NO/c1-3-15-19-17(16-11-7-8-12-16)18(20-4-2)13-9-5-6-10-14-18/h16-17,19H,3-15H2,1-2H3. The lowest BCUT2D eigenvalue weighted by atomic mass is 9.78. The van der Waals surface area contributed by atoms with Gasteiger partial charge in [0.25, 0.3) is 0 Å². The lowest BCUT2D eigenvalue weighted by Gasteiger charge is -2.44. The van der Waals surface area contributed by atoms with Crippen LogP contribution >= 0.6 is 0 Å². The molecule has 2 heteroatoms. The van der Waals surface area contributed by atoms with Gasteiger partial charge >= 0.3 is 0 Å². The Morgan fingerprint density at radius 3 is 2.20 bits per heavy atom. The Bertz CT molecular complexity index is 252. The fourth-order valence-corrected chi connectivity index (χ4v) is 4.53. The minimum Gasteiger partial charge on any atom is -0.374 e. The van der Waals surface area contributed by atoms with Crippen LogP contribution in [-0.4, -0.2) is 24.8 Å². The summed E-state index contributed by atoms with van der Waals surface area (Å²) in [6, 6.07) is 0.600. The number of hydrogen-bond acceptors (Lipinski definition) is 2. The molecule has 1 unspecified atom stereocenters. The van der Waals surface area contributed by atoms with Crippen molar-refractivity contribution in [1.29, 1.82) is 0 Å². The van der Waals surface area contributed by atoms with E-state index in [0.717, 1.165) is 19.1 Å². The highest BCUT2D eigenvalue weighted by Gasteiger charge is 2.43. The predicted molar refractivity (Wildman–Crippen MR) is 86.1 cm³/mol. The summed E-state index contributed by atoms with van der Waals surface area (Å²) >= 11 is 0. The van der Waals surface area contributed by atoms with E-state index in [4.69, 9.17) is 4.74 Å². The summed E-state index contributed by atoms with van der Waals surface area (Å²) in [5, 5.41) is 3.91. The maximum Gasteiger partial charge on any atom is 0.0837 e. The molecule has 0 aromatic rings. The molecule has 0 saturated heterocycles. The van der Waals surface area contributed by atoms with Gasteiger partial charge in [0.1, 0.15) is 0 Å². The largest absolute Gasteiger partial charge is 0.374 e. The molecule has 20 heavy (non-hydrogen) atoms. The van der Waals surface area contributed by atoms with Gasteiger partial charge in [-0.05, 0) is 51.5 Å². The van der Waals surface area contributed by atoms with Crippen LogP contribution in [-0.2, 0) is 4.74 Å². The number of hydrogen-bond donors (Lipinski definition) is 1. The molecule has 2 rings (SSSR count). The summed E-state index contributed by atoms with van der Waals surface area (Å²) in [5.41, 5.74) is 0.134. The SMILES string of the molecule is CCCNC(C1CCCC1)C1(OCC)CCCCCC1. The molecule has 2 saturated carbocycles. The zero-order chi connectivity index (χ0) is 14.3. The maximum atomic E-state index is 6.46. The maximum absolute atomic E-state index is 6.46. The zero-order valence-electron chi connectivity index (χ0n) is 13.8. The number of rotatable bonds is 7. The van der Waals surface area contributed by atoms with Crippen LogP contribution in [0.4, 0.5) is 0 Å². The molecule has 0 radical (unpaired) electrons. The molecular formula is C18H35NO. The van der Waals surface area contributed by atoms with Gasteiger partial charge < -0.3 is 10.1 Å². The van der Waals surface area contributed by atoms with Crippen molar-refractivity contribution in [3.8, 4) is 0 Å². The summed E-state index contributed by atoms with van der Waals surface area (Å²) in [4.78, 5) is 0. The Labute approximate surface area is 126 Å². The molecule has 2 aliphatic rings. The van der Waals surface area contributed by atoms with Gasteiger partial charge in [0.05, 0.1) is 5.60 Å². The van der Waals surface area contributed by atoms with Crippen molar-refractivity contribution in [3.05, 3.63) is 0 Å². The Hall–Kier alpha value is -0.0800. The second-order valence-corrected chi connectivity index (χ2v) is 6.89. The number of ether oxygens (including phenoxy) is 1. The van der Waals surface area contributed by atoms with Crippen molar-refractivity contribution in [2.75, 3.05) is 13.2 Å². The topological polar surface area (TPSA) is 21.3 Å². The predicted octanol–water partition coefficient (Wildman–Crippen LogP) is 4.67. The molecule has 0 aromatic heterocycles. The normalized spacial score (nSPS) is 25.5. The quantitative estimate of drug-likeness (QED) is 0.684. The lowest BCUT2D eigenvalue weighted by molar-refractivity contribution is -0.0895. The lowest BCUT2D eigenvalue weighted by Crippen LogP contribution is -2.56. The molecule has 0 aromatic carbocycles. The summed E-state index contributed by atoms with van der Waals surface area (Å²) in [6.45, 7) is 6.48. The first-order valence-corrected chi connectivity index (χ1v) is 9.19. The van der Waals surface area contributed by atoms with Crippen molar-refractivity contribution >= 4 is 0 Å². The van der Waals surface area contributed by atoms with Crippen LogP contribution in [0.1, 0.15) is 84.5 Å². The van der Waals surface area contributed by atoms with Gasteiger partial charge in [0, 0.05) is 12.6 Å². The molecule has 1 N–H and O–H groups in total. The van der Waals surface area contributed by atoms with Gasteiger partial charge in [-0.15, -0.1) is 0 Å². The monoisotopic (exact) mass is 281 g/mol. The fourth-order valence-electron chi connectivity index (χ4n) is 4.53. The van der Waals surface area contributed by atoms with E-state index in [1.165, 1.54) is 70.6 Å². The first-order chi connectivity index (χ1) is 9.82. The minimum atomic E-state index is 0.134. The van der Waals surface area contributed by atoms with Crippen LogP contribution in [0.3, 0.4) is 0 Å². The second-order valence-electron chi connectivity index (χ2n) is 6.89. The van der Waals surface area contributed by atoms with Crippen molar-refractivity contribution < 1.29 is 4.74 Å². The number of nitrogens with one attached hydrogen (secondary N) is 1. The smallest absolute Gasteiger partial charge is 0.0837 e. The van der Waals surface area contributed by atoms with E-state index in [0.29, 0.717) is 6.04 Å². The first-order valence-electron chi connectivity index (χ1n) is 9.19. The third kappa shape index (κ3) is 3.98. The van der Waals surface area contributed by atoms with E-state index >= 15 is 0 Å². The first kappa shape index (κ1) is 16.3. The van der Waals surface area contributed by atoms with Crippen LogP contribution in [0.25, 0.3) is 0 Å². The van der Waals surface area contributed by atoms with Crippen molar-refractivity contribution in [2.24, 2.45) is 5.92 Å². The summed E-state index contributed by atoms with van der Waals surface area (Å²) in [7, 11) is 0. The van der Waals surface area contributed by atoms with Crippen molar-refractivity contribution in [3.63, 3.8) is 0 Å². The van der Waals surface area contributed by atoms with Crippen LogP contribution in [0.5, 0.6) is 0 Å². The molecule has 0 spiro atoms. The van der Waals surface area contributed by atoms with E-state index in [1.807, 2.05) is 0 Å². The fraction of sp³-hybridized carbons (Fsp3) is 1.00.